The monoisotopic (exact) mass is 292 g/mol. The molecular weight excluding hydrogens is 272 g/mol. The van der Waals surface area contributed by atoms with Gasteiger partial charge in [-0.3, -0.25) is 9.30 Å². The molecule has 1 aliphatic rings. The SMILES string of the molecule is Cc1ccn2c(CN3CCCC3)c(-c3ccccc3)nc2n1. The van der Waals surface area contributed by atoms with Crippen LogP contribution < -0.4 is 0 Å². The van der Waals surface area contributed by atoms with Crippen molar-refractivity contribution in [3.8, 4) is 11.3 Å². The molecule has 0 unspecified atom stereocenters. The third kappa shape index (κ3) is 2.40. The lowest BCUT2D eigenvalue weighted by atomic mass is 10.1. The van der Waals surface area contributed by atoms with Crippen LogP contribution in [0.2, 0.25) is 0 Å². The largest absolute Gasteiger partial charge is 0.297 e. The Morgan fingerprint density at radius 3 is 2.55 bits per heavy atom. The fourth-order valence-corrected chi connectivity index (χ4v) is 3.20. The first-order chi connectivity index (χ1) is 10.8. The van der Waals surface area contributed by atoms with Crippen LogP contribution in [0.5, 0.6) is 0 Å². The molecule has 0 radical (unpaired) electrons. The zero-order valence-electron chi connectivity index (χ0n) is 12.9. The molecule has 0 spiro atoms. The molecule has 112 valence electrons. The second-order valence-corrected chi connectivity index (χ2v) is 6.00. The van der Waals surface area contributed by atoms with E-state index >= 15 is 0 Å². The molecule has 0 amide bonds. The predicted octanol–water partition coefficient (Wildman–Crippen LogP) is 3.30. The van der Waals surface area contributed by atoms with Gasteiger partial charge in [0.1, 0.15) is 0 Å². The van der Waals surface area contributed by atoms with Crippen molar-refractivity contribution in [2.45, 2.75) is 26.3 Å². The first-order valence-corrected chi connectivity index (χ1v) is 7.93. The zero-order chi connectivity index (χ0) is 14.9. The first kappa shape index (κ1) is 13.5. The molecule has 1 aromatic carbocycles. The van der Waals surface area contributed by atoms with Crippen molar-refractivity contribution < 1.29 is 0 Å². The molecule has 3 aromatic rings. The van der Waals surface area contributed by atoms with Crippen LogP contribution in [0.3, 0.4) is 0 Å². The summed E-state index contributed by atoms with van der Waals surface area (Å²) in [4.78, 5) is 11.9. The van der Waals surface area contributed by atoms with E-state index in [1.807, 2.05) is 13.0 Å². The van der Waals surface area contributed by atoms with Crippen LogP contribution in [0.1, 0.15) is 24.2 Å². The Kier molecular flexibility index (Phi) is 3.39. The molecule has 22 heavy (non-hydrogen) atoms. The summed E-state index contributed by atoms with van der Waals surface area (Å²) in [5, 5.41) is 0. The molecule has 4 nitrogen and oxygen atoms in total. The van der Waals surface area contributed by atoms with Crippen molar-refractivity contribution in [1.29, 1.82) is 0 Å². The van der Waals surface area contributed by atoms with E-state index in [9.17, 15) is 0 Å². The molecule has 0 N–H and O–H groups in total. The minimum Gasteiger partial charge on any atom is -0.297 e. The molecule has 1 saturated heterocycles. The van der Waals surface area contributed by atoms with Crippen LogP contribution in [-0.2, 0) is 6.54 Å². The number of nitrogens with zero attached hydrogens (tertiary/aromatic N) is 4. The molecule has 0 aliphatic carbocycles. The van der Waals surface area contributed by atoms with Gasteiger partial charge < -0.3 is 0 Å². The van der Waals surface area contributed by atoms with Crippen LogP contribution in [0.15, 0.2) is 42.6 Å². The summed E-state index contributed by atoms with van der Waals surface area (Å²) in [6.45, 7) is 5.31. The number of hydrogen-bond donors (Lipinski definition) is 0. The van der Waals surface area contributed by atoms with Gasteiger partial charge in [0.25, 0.3) is 0 Å². The maximum absolute atomic E-state index is 4.81. The summed E-state index contributed by atoms with van der Waals surface area (Å²) in [6.07, 6.45) is 4.70. The molecule has 3 heterocycles. The van der Waals surface area contributed by atoms with Crippen molar-refractivity contribution >= 4 is 5.78 Å². The number of aryl methyl sites for hydroxylation is 1. The Morgan fingerprint density at radius 2 is 1.77 bits per heavy atom. The van der Waals surface area contributed by atoms with E-state index in [4.69, 9.17) is 4.98 Å². The zero-order valence-corrected chi connectivity index (χ0v) is 12.9. The van der Waals surface area contributed by atoms with E-state index in [1.54, 1.807) is 0 Å². The third-order valence-corrected chi connectivity index (χ3v) is 4.35. The Labute approximate surface area is 130 Å². The predicted molar refractivity (Wildman–Crippen MR) is 87.7 cm³/mol. The number of rotatable bonds is 3. The second kappa shape index (κ2) is 5.54. The van der Waals surface area contributed by atoms with Gasteiger partial charge in [-0.1, -0.05) is 30.3 Å². The number of aromatic nitrogens is 3. The van der Waals surface area contributed by atoms with Crippen molar-refractivity contribution in [2.75, 3.05) is 13.1 Å². The number of fused-ring (bicyclic) bond motifs is 1. The molecule has 0 bridgehead atoms. The summed E-state index contributed by atoms with van der Waals surface area (Å²) in [7, 11) is 0. The molecule has 2 aromatic heterocycles. The summed E-state index contributed by atoms with van der Waals surface area (Å²) in [5.74, 6) is 0.799. The van der Waals surface area contributed by atoms with E-state index in [-0.39, 0.29) is 0 Å². The van der Waals surface area contributed by atoms with Gasteiger partial charge in [-0.2, -0.15) is 0 Å². The van der Waals surface area contributed by atoms with Crippen LogP contribution in [0.25, 0.3) is 17.0 Å². The summed E-state index contributed by atoms with van der Waals surface area (Å²) >= 11 is 0. The van der Waals surface area contributed by atoms with E-state index in [2.05, 4.69) is 50.8 Å². The standard InChI is InChI=1S/C18H20N4/c1-14-9-12-22-16(13-21-10-5-6-11-21)17(20-18(22)19-14)15-7-3-2-4-8-15/h2-4,7-9,12H,5-6,10-11,13H2,1H3. The van der Waals surface area contributed by atoms with E-state index in [1.165, 1.54) is 37.2 Å². The highest BCUT2D eigenvalue weighted by molar-refractivity contribution is 5.65. The Morgan fingerprint density at radius 1 is 1.00 bits per heavy atom. The molecule has 1 fully saturated rings. The fourth-order valence-electron chi connectivity index (χ4n) is 3.20. The van der Waals surface area contributed by atoms with Crippen LogP contribution >= 0.6 is 0 Å². The van der Waals surface area contributed by atoms with Gasteiger partial charge >= 0.3 is 0 Å². The third-order valence-electron chi connectivity index (χ3n) is 4.35. The van der Waals surface area contributed by atoms with Gasteiger partial charge in [0.15, 0.2) is 0 Å². The second-order valence-electron chi connectivity index (χ2n) is 6.00. The van der Waals surface area contributed by atoms with Gasteiger partial charge in [-0.05, 0) is 38.9 Å². The number of imidazole rings is 1. The van der Waals surface area contributed by atoms with Crippen molar-refractivity contribution in [1.82, 2.24) is 19.3 Å². The highest BCUT2D eigenvalue weighted by atomic mass is 15.2. The lowest BCUT2D eigenvalue weighted by molar-refractivity contribution is 0.326. The van der Waals surface area contributed by atoms with Crippen LogP contribution in [-0.4, -0.2) is 32.4 Å². The molecule has 1 aliphatic heterocycles. The van der Waals surface area contributed by atoms with E-state index in [0.29, 0.717) is 0 Å². The highest BCUT2D eigenvalue weighted by Gasteiger charge is 2.19. The van der Waals surface area contributed by atoms with E-state index in [0.717, 1.165) is 23.7 Å². The smallest absolute Gasteiger partial charge is 0.234 e. The Hall–Kier alpha value is -2.20. The molecular formula is C18H20N4. The maximum atomic E-state index is 4.81. The number of benzene rings is 1. The highest BCUT2D eigenvalue weighted by Crippen LogP contribution is 2.26. The van der Waals surface area contributed by atoms with Crippen molar-refractivity contribution in [3.63, 3.8) is 0 Å². The first-order valence-electron chi connectivity index (χ1n) is 7.93. The van der Waals surface area contributed by atoms with Gasteiger partial charge in [-0.15, -0.1) is 0 Å². The van der Waals surface area contributed by atoms with Crippen molar-refractivity contribution in [2.24, 2.45) is 0 Å². The van der Waals surface area contributed by atoms with Gasteiger partial charge in [-0.25, -0.2) is 9.97 Å². The van der Waals surface area contributed by atoms with Gasteiger partial charge in [0, 0.05) is 24.0 Å². The van der Waals surface area contributed by atoms with Crippen LogP contribution in [0.4, 0.5) is 0 Å². The van der Waals surface area contributed by atoms with E-state index < -0.39 is 0 Å². The Balaban J connectivity index is 1.86. The topological polar surface area (TPSA) is 33.4 Å². The number of hydrogen-bond acceptors (Lipinski definition) is 3. The molecule has 4 heteroatoms. The summed E-state index contributed by atoms with van der Waals surface area (Å²) < 4.78 is 2.15. The summed E-state index contributed by atoms with van der Waals surface area (Å²) in [5.41, 5.74) is 4.48. The minimum absolute atomic E-state index is 0.799. The van der Waals surface area contributed by atoms with Crippen molar-refractivity contribution in [3.05, 3.63) is 54.0 Å². The fraction of sp³-hybridized carbons (Fsp3) is 0.333. The molecule has 0 saturated carbocycles. The Bertz CT molecular complexity index is 785. The normalized spacial score (nSPS) is 15.7. The quantitative estimate of drug-likeness (QED) is 0.742. The lowest BCUT2D eigenvalue weighted by Gasteiger charge is -2.15. The number of likely N-dealkylation sites (tertiary alicyclic amines) is 1. The van der Waals surface area contributed by atoms with Gasteiger partial charge in [0.05, 0.1) is 11.4 Å². The lowest BCUT2D eigenvalue weighted by Crippen LogP contribution is -2.20. The van der Waals surface area contributed by atoms with Crippen LogP contribution in [0, 0.1) is 6.92 Å². The molecule has 0 atom stereocenters. The minimum atomic E-state index is 0.799. The average molecular weight is 292 g/mol. The summed E-state index contributed by atoms with van der Waals surface area (Å²) in [6, 6.07) is 12.5. The maximum Gasteiger partial charge on any atom is 0.234 e. The molecule has 4 rings (SSSR count). The van der Waals surface area contributed by atoms with Gasteiger partial charge in [0.2, 0.25) is 5.78 Å². The average Bonchev–Trinajstić information content (AvgIpc) is 3.17.